The van der Waals surface area contributed by atoms with Crippen molar-refractivity contribution < 1.29 is 0 Å². The Kier molecular flexibility index (Phi) is 3.30. The van der Waals surface area contributed by atoms with Gasteiger partial charge < -0.3 is 10.6 Å². The fourth-order valence-corrected chi connectivity index (χ4v) is 4.47. The van der Waals surface area contributed by atoms with E-state index in [-0.39, 0.29) is 0 Å². The summed E-state index contributed by atoms with van der Waals surface area (Å²) in [4.78, 5) is 2.56. The van der Waals surface area contributed by atoms with Crippen molar-refractivity contribution in [1.29, 1.82) is 0 Å². The Morgan fingerprint density at radius 3 is 3.06 bits per heavy atom. The van der Waals surface area contributed by atoms with Crippen molar-refractivity contribution in [1.82, 2.24) is 0 Å². The Bertz CT molecular complexity index is 388. The first kappa shape index (κ1) is 11.4. The van der Waals surface area contributed by atoms with E-state index in [2.05, 4.69) is 40.9 Å². The van der Waals surface area contributed by atoms with Crippen LogP contribution in [0.5, 0.6) is 0 Å². The first-order valence-electron chi connectivity index (χ1n) is 6.52. The minimum atomic E-state index is 0.550. The van der Waals surface area contributed by atoms with Gasteiger partial charge in [0.15, 0.2) is 0 Å². The summed E-state index contributed by atoms with van der Waals surface area (Å²) in [6.07, 6.45) is 2.53. The average Bonchev–Trinajstić information content (AvgIpc) is 3.01. The number of nitrogens with zero attached hydrogens (tertiary/aromatic N) is 1. The van der Waals surface area contributed by atoms with Crippen LogP contribution in [-0.2, 0) is 6.42 Å². The maximum absolute atomic E-state index is 6.04. The fourth-order valence-electron chi connectivity index (χ4n) is 3.14. The van der Waals surface area contributed by atoms with Gasteiger partial charge in [-0.25, -0.2) is 0 Å². The normalized spacial score (nSPS) is 25.0. The molecule has 3 rings (SSSR count). The number of nitrogens with two attached hydrogens (primary N) is 1. The third kappa shape index (κ3) is 2.06. The molecule has 1 saturated heterocycles. The minimum absolute atomic E-state index is 0.550. The number of fused-ring (bicyclic) bond motifs is 1. The van der Waals surface area contributed by atoms with E-state index in [9.17, 15) is 0 Å². The summed E-state index contributed by atoms with van der Waals surface area (Å²) in [5, 5.41) is 0. The zero-order valence-corrected chi connectivity index (χ0v) is 11.0. The standard InChI is InChI=1S/C14H20N2S/c15-9-14(12-6-8-17-10-12)16-7-5-11-3-1-2-4-13(11)16/h1-4,12,14H,5-10,15H2. The first-order chi connectivity index (χ1) is 8.40. The summed E-state index contributed by atoms with van der Waals surface area (Å²) in [7, 11) is 0. The lowest BCUT2D eigenvalue weighted by Crippen LogP contribution is -2.45. The molecule has 0 saturated carbocycles. The zero-order chi connectivity index (χ0) is 11.7. The molecule has 2 unspecified atom stereocenters. The van der Waals surface area contributed by atoms with Crippen molar-refractivity contribution in [3.05, 3.63) is 29.8 Å². The highest BCUT2D eigenvalue weighted by Gasteiger charge is 2.32. The molecule has 2 N–H and O–H groups in total. The highest BCUT2D eigenvalue weighted by molar-refractivity contribution is 7.99. The van der Waals surface area contributed by atoms with Crippen LogP contribution in [0.25, 0.3) is 0 Å². The summed E-state index contributed by atoms with van der Waals surface area (Å²) < 4.78 is 0. The number of para-hydroxylation sites is 1. The minimum Gasteiger partial charge on any atom is -0.366 e. The van der Waals surface area contributed by atoms with Crippen LogP contribution < -0.4 is 10.6 Å². The van der Waals surface area contributed by atoms with Crippen molar-refractivity contribution in [2.24, 2.45) is 11.7 Å². The predicted molar refractivity (Wildman–Crippen MR) is 75.8 cm³/mol. The van der Waals surface area contributed by atoms with Gasteiger partial charge in [0.25, 0.3) is 0 Å². The van der Waals surface area contributed by atoms with Gasteiger partial charge in [0.05, 0.1) is 0 Å². The number of hydrogen-bond acceptors (Lipinski definition) is 3. The van der Waals surface area contributed by atoms with Crippen molar-refractivity contribution in [2.75, 3.05) is 29.5 Å². The van der Waals surface area contributed by atoms with E-state index in [4.69, 9.17) is 5.73 Å². The van der Waals surface area contributed by atoms with Crippen LogP contribution in [0.4, 0.5) is 5.69 Å². The lowest BCUT2D eigenvalue weighted by Gasteiger charge is -2.33. The van der Waals surface area contributed by atoms with Crippen LogP contribution in [0.2, 0.25) is 0 Å². The molecule has 2 aliphatic rings. The Labute approximate surface area is 108 Å². The van der Waals surface area contributed by atoms with E-state index in [0.717, 1.165) is 19.0 Å². The molecule has 3 heteroatoms. The second-order valence-electron chi connectivity index (χ2n) is 5.00. The van der Waals surface area contributed by atoms with Crippen molar-refractivity contribution in [2.45, 2.75) is 18.9 Å². The summed E-state index contributed by atoms with van der Waals surface area (Å²) in [6, 6.07) is 9.35. The molecule has 2 atom stereocenters. The average molecular weight is 248 g/mol. The van der Waals surface area contributed by atoms with Gasteiger partial charge >= 0.3 is 0 Å². The van der Waals surface area contributed by atoms with Gasteiger partial charge in [0, 0.05) is 24.8 Å². The van der Waals surface area contributed by atoms with Crippen LogP contribution in [0.15, 0.2) is 24.3 Å². The van der Waals surface area contributed by atoms with E-state index in [0.29, 0.717) is 6.04 Å². The Balaban J connectivity index is 1.84. The zero-order valence-electron chi connectivity index (χ0n) is 10.1. The van der Waals surface area contributed by atoms with Gasteiger partial charge in [-0.15, -0.1) is 0 Å². The molecule has 92 valence electrons. The maximum atomic E-state index is 6.04. The number of rotatable bonds is 3. The molecular formula is C14H20N2S. The van der Waals surface area contributed by atoms with Gasteiger partial charge in [0.1, 0.15) is 0 Å². The molecule has 2 heterocycles. The number of benzene rings is 1. The highest BCUT2D eigenvalue weighted by atomic mass is 32.2. The van der Waals surface area contributed by atoms with E-state index < -0.39 is 0 Å². The summed E-state index contributed by atoms with van der Waals surface area (Å²) in [6.45, 7) is 1.95. The third-order valence-corrected chi connectivity index (χ3v) is 5.26. The van der Waals surface area contributed by atoms with Gasteiger partial charge in [0.2, 0.25) is 0 Å². The molecule has 0 spiro atoms. The number of thioether (sulfide) groups is 1. The van der Waals surface area contributed by atoms with E-state index in [1.54, 1.807) is 0 Å². The third-order valence-electron chi connectivity index (χ3n) is 4.07. The molecule has 17 heavy (non-hydrogen) atoms. The van der Waals surface area contributed by atoms with Gasteiger partial charge in [-0.05, 0) is 41.9 Å². The van der Waals surface area contributed by atoms with E-state index >= 15 is 0 Å². The molecular weight excluding hydrogens is 228 g/mol. The fraction of sp³-hybridized carbons (Fsp3) is 0.571. The monoisotopic (exact) mass is 248 g/mol. The molecule has 1 fully saturated rings. The van der Waals surface area contributed by atoms with Gasteiger partial charge in [-0.3, -0.25) is 0 Å². The van der Waals surface area contributed by atoms with Crippen molar-refractivity contribution in [3.63, 3.8) is 0 Å². The van der Waals surface area contributed by atoms with Gasteiger partial charge in [-0.1, -0.05) is 18.2 Å². The molecule has 0 aliphatic carbocycles. The molecule has 2 nitrogen and oxygen atoms in total. The lowest BCUT2D eigenvalue weighted by atomic mass is 9.97. The predicted octanol–water partition coefficient (Wildman–Crippen LogP) is 2.13. The summed E-state index contributed by atoms with van der Waals surface area (Å²) in [5.41, 5.74) is 8.97. The highest BCUT2D eigenvalue weighted by Crippen LogP contribution is 2.35. The van der Waals surface area contributed by atoms with Crippen LogP contribution >= 0.6 is 11.8 Å². The van der Waals surface area contributed by atoms with Crippen molar-refractivity contribution in [3.8, 4) is 0 Å². The SMILES string of the molecule is NCC(C1CCSC1)N1CCc2ccccc21. The smallest absolute Gasteiger partial charge is 0.0448 e. The quantitative estimate of drug-likeness (QED) is 0.888. The summed E-state index contributed by atoms with van der Waals surface area (Å²) in [5.74, 6) is 3.40. The Hall–Kier alpha value is -0.670. The molecule has 1 aromatic carbocycles. The first-order valence-corrected chi connectivity index (χ1v) is 7.68. The lowest BCUT2D eigenvalue weighted by molar-refractivity contribution is 0.444. The second kappa shape index (κ2) is 4.91. The van der Waals surface area contributed by atoms with E-state index in [1.807, 2.05) is 0 Å². The largest absolute Gasteiger partial charge is 0.366 e. The molecule has 0 bridgehead atoms. The van der Waals surface area contributed by atoms with Crippen LogP contribution in [0.3, 0.4) is 0 Å². The Morgan fingerprint density at radius 2 is 2.29 bits per heavy atom. The molecule has 0 aromatic heterocycles. The Morgan fingerprint density at radius 1 is 1.41 bits per heavy atom. The molecule has 0 radical (unpaired) electrons. The molecule has 0 amide bonds. The number of hydrogen-bond donors (Lipinski definition) is 1. The van der Waals surface area contributed by atoms with E-state index in [1.165, 1.54) is 35.6 Å². The van der Waals surface area contributed by atoms with Crippen molar-refractivity contribution >= 4 is 17.4 Å². The van der Waals surface area contributed by atoms with Gasteiger partial charge in [-0.2, -0.15) is 11.8 Å². The van der Waals surface area contributed by atoms with Crippen LogP contribution in [0.1, 0.15) is 12.0 Å². The maximum Gasteiger partial charge on any atom is 0.0448 e. The summed E-state index contributed by atoms with van der Waals surface area (Å²) >= 11 is 2.08. The number of anilines is 1. The molecule has 1 aromatic rings. The topological polar surface area (TPSA) is 29.3 Å². The van der Waals surface area contributed by atoms with Crippen LogP contribution in [-0.4, -0.2) is 30.6 Å². The molecule has 2 aliphatic heterocycles. The second-order valence-corrected chi connectivity index (χ2v) is 6.15. The van der Waals surface area contributed by atoms with Crippen LogP contribution in [0, 0.1) is 5.92 Å².